The van der Waals surface area contributed by atoms with Crippen molar-refractivity contribution in [3.8, 4) is 6.07 Å². The van der Waals surface area contributed by atoms with Crippen molar-refractivity contribution in [1.29, 1.82) is 5.26 Å². The van der Waals surface area contributed by atoms with Gasteiger partial charge in [0.15, 0.2) is 0 Å². The van der Waals surface area contributed by atoms with Gasteiger partial charge < -0.3 is 9.64 Å². The average molecular weight is 240 g/mol. The van der Waals surface area contributed by atoms with Crippen molar-refractivity contribution in [3.05, 3.63) is 0 Å². The van der Waals surface area contributed by atoms with Gasteiger partial charge in [0.2, 0.25) is 5.91 Å². The van der Waals surface area contributed by atoms with Crippen molar-refractivity contribution in [2.24, 2.45) is 5.41 Å². The standard InChI is InChI=1S/C13H24N2O2/c1-6-13(7-2,10-14)12(16)15(11(3)4)8-9-17-5/h11H,6-9H2,1-5H3. The highest BCUT2D eigenvalue weighted by molar-refractivity contribution is 5.85. The summed E-state index contributed by atoms with van der Waals surface area (Å²) >= 11 is 0. The van der Waals surface area contributed by atoms with Gasteiger partial charge in [-0.05, 0) is 26.7 Å². The van der Waals surface area contributed by atoms with Crippen molar-refractivity contribution in [3.63, 3.8) is 0 Å². The van der Waals surface area contributed by atoms with Crippen LogP contribution in [0.3, 0.4) is 0 Å². The van der Waals surface area contributed by atoms with Crippen LogP contribution in [-0.4, -0.2) is 37.1 Å². The van der Waals surface area contributed by atoms with Crippen LogP contribution >= 0.6 is 0 Å². The fourth-order valence-corrected chi connectivity index (χ4v) is 1.82. The van der Waals surface area contributed by atoms with Crippen molar-refractivity contribution in [1.82, 2.24) is 4.90 Å². The summed E-state index contributed by atoms with van der Waals surface area (Å²) < 4.78 is 5.01. The molecule has 1 amide bonds. The fraction of sp³-hybridized carbons (Fsp3) is 0.846. The van der Waals surface area contributed by atoms with Gasteiger partial charge in [-0.15, -0.1) is 0 Å². The zero-order chi connectivity index (χ0) is 13.5. The Morgan fingerprint density at radius 2 is 1.94 bits per heavy atom. The third kappa shape index (κ3) is 3.71. The number of nitrogens with zero attached hydrogens (tertiary/aromatic N) is 2. The summed E-state index contributed by atoms with van der Waals surface area (Å²) in [5.41, 5.74) is -0.877. The molecule has 0 aliphatic carbocycles. The number of hydrogen-bond acceptors (Lipinski definition) is 3. The van der Waals surface area contributed by atoms with Gasteiger partial charge in [-0.1, -0.05) is 13.8 Å². The summed E-state index contributed by atoms with van der Waals surface area (Å²) in [4.78, 5) is 14.2. The smallest absolute Gasteiger partial charge is 0.243 e. The molecule has 0 aromatic heterocycles. The van der Waals surface area contributed by atoms with Gasteiger partial charge in [0, 0.05) is 19.7 Å². The molecule has 0 saturated heterocycles. The lowest BCUT2D eigenvalue weighted by Crippen LogP contribution is -2.47. The van der Waals surface area contributed by atoms with Gasteiger partial charge in [0.05, 0.1) is 12.7 Å². The van der Waals surface area contributed by atoms with Crippen molar-refractivity contribution in [2.75, 3.05) is 20.3 Å². The van der Waals surface area contributed by atoms with Crippen LogP contribution in [0.1, 0.15) is 40.5 Å². The summed E-state index contributed by atoms with van der Waals surface area (Å²) in [5, 5.41) is 9.27. The minimum atomic E-state index is -0.877. The molecule has 0 aliphatic heterocycles. The maximum atomic E-state index is 12.5. The molecule has 0 saturated carbocycles. The first kappa shape index (κ1) is 15.9. The Morgan fingerprint density at radius 1 is 1.41 bits per heavy atom. The molecule has 0 spiro atoms. The molecule has 0 radical (unpaired) electrons. The summed E-state index contributed by atoms with van der Waals surface area (Å²) in [6, 6.07) is 2.28. The molecule has 0 atom stereocenters. The van der Waals surface area contributed by atoms with Gasteiger partial charge >= 0.3 is 0 Å². The Morgan fingerprint density at radius 3 is 2.24 bits per heavy atom. The number of nitriles is 1. The molecule has 0 heterocycles. The van der Waals surface area contributed by atoms with Crippen LogP contribution in [0.4, 0.5) is 0 Å². The highest BCUT2D eigenvalue weighted by Crippen LogP contribution is 2.28. The third-order valence-electron chi connectivity index (χ3n) is 3.25. The molecular formula is C13H24N2O2. The molecule has 98 valence electrons. The molecule has 0 bridgehead atoms. The van der Waals surface area contributed by atoms with Crippen LogP contribution in [-0.2, 0) is 9.53 Å². The van der Waals surface area contributed by atoms with Gasteiger partial charge in [0.1, 0.15) is 5.41 Å². The van der Waals surface area contributed by atoms with E-state index in [0.717, 1.165) is 0 Å². The first-order valence-corrected chi connectivity index (χ1v) is 6.20. The number of carbonyl (C=O) groups excluding carboxylic acids is 1. The quantitative estimate of drug-likeness (QED) is 0.685. The molecule has 0 rings (SSSR count). The zero-order valence-electron chi connectivity index (χ0n) is 11.6. The lowest BCUT2D eigenvalue weighted by atomic mass is 9.82. The largest absolute Gasteiger partial charge is 0.383 e. The number of carbonyl (C=O) groups is 1. The number of hydrogen-bond donors (Lipinski definition) is 0. The zero-order valence-corrected chi connectivity index (χ0v) is 11.6. The second-order valence-electron chi connectivity index (χ2n) is 4.49. The van der Waals surface area contributed by atoms with Crippen LogP contribution in [0.2, 0.25) is 0 Å². The summed E-state index contributed by atoms with van der Waals surface area (Å²) in [5.74, 6) is -0.0722. The number of amides is 1. The van der Waals surface area contributed by atoms with E-state index in [2.05, 4.69) is 6.07 Å². The molecule has 0 N–H and O–H groups in total. The molecule has 4 heteroatoms. The van der Waals surface area contributed by atoms with Crippen LogP contribution in [0, 0.1) is 16.7 Å². The lowest BCUT2D eigenvalue weighted by Gasteiger charge is -2.33. The summed E-state index contributed by atoms with van der Waals surface area (Å²) in [6.07, 6.45) is 1.10. The molecule has 4 nitrogen and oxygen atoms in total. The van der Waals surface area contributed by atoms with E-state index >= 15 is 0 Å². The Bertz CT molecular complexity index is 278. The Labute approximate surface area is 105 Å². The average Bonchev–Trinajstić information content (AvgIpc) is 2.32. The van der Waals surface area contributed by atoms with Gasteiger partial charge in [0.25, 0.3) is 0 Å². The number of rotatable bonds is 7. The van der Waals surface area contributed by atoms with Crippen molar-refractivity contribution < 1.29 is 9.53 Å². The van der Waals surface area contributed by atoms with Crippen molar-refractivity contribution in [2.45, 2.75) is 46.6 Å². The molecule has 0 fully saturated rings. The summed E-state index contributed by atoms with van der Waals surface area (Å²) in [6.45, 7) is 8.73. The monoisotopic (exact) mass is 240 g/mol. The van der Waals surface area contributed by atoms with Gasteiger partial charge in [-0.3, -0.25) is 4.79 Å². The normalized spacial score (nSPS) is 11.4. The Hall–Kier alpha value is -1.08. The number of ether oxygens (including phenoxy) is 1. The van der Waals surface area contributed by atoms with E-state index in [-0.39, 0.29) is 11.9 Å². The lowest BCUT2D eigenvalue weighted by molar-refractivity contribution is -0.142. The van der Waals surface area contributed by atoms with E-state index < -0.39 is 5.41 Å². The second-order valence-corrected chi connectivity index (χ2v) is 4.49. The molecule has 0 aliphatic rings. The third-order valence-corrected chi connectivity index (χ3v) is 3.25. The van der Waals surface area contributed by atoms with Crippen LogP contribution in [0.25, 0.3) is 0 Å². The van der Waals surface area contributed by atoms with E-state index in [4.69, 9.17) is 4.74 Å². The predicted octanol–water partition coefficient (Wildman–Crippen LogP) is 2.20. The highest BCUT2D eigenvalue weighted by atomic mass is 16.5. The molecule has 17 heavy (non-hydrogen) atoms. The van der Waals surface area contributed by atoms with Crippen LogP contribution in [0.5, 0.6) is 0 Å². The first-order chi connectivity index (χ1) is 7.98. The maximum Gasteiger partial charge on any atom is 0.243 e. The van der Waals surface area contributed by atoms with Crippen LogP contribution in [0.15, 0.2) is 0 Å². The van der Waals surface area contributed by atoms with E-state index in [0.29, 0.717) is 26.0 Å². The Kier molecular flexibility index (Phi) is 6.82. The van der Waals surface area contributed by atoms with Gasteiger partial charge in [-0.2, -0.15) is 5.26 Å². The molecule has 0 aromatic rings. The first-order valence-electron chi connectivity index (χ1n) is 6.20. The topological polar surface area (TPSA) is 53.3 Å². The predicted molar refractivity (Wildman–Crippen MR) is 67.4 cm³/mol. The molecule has 0 aromatic carbocycles. The van der Waals surface area contributed by atoms with E-state index in [1.165, 1.54) is 0 Å². The SMILES string of the molecule is CCC(C#N)(CC)C(=O)N(CCOC)C(C)C. The second kappa shape index (κ2) is 7.29. The molecule has 0 unspecified atom stereocenters. The van der Waals surface area contributed by atoms with Gasteiger partial charge in [-0.25, -0.2) is 0 Å². The maximum absolute atomic E-state index is 12.5. The minimum Gasteiger partial charge on any atom is -0.383 e. The van der Waals surface area contributed by atoms with E-state index in [9.17, 15) is 10.1 Å². The minimum absolute atomic E-state index is 0.0722. The molecular weight excluding hydrogens is 216 g/mol. The number of methoxy groups -OCH3 is 1. The van der Waals surface area contributed by atoms with Crippen LogP contribution < -0.4 is 0 Å². The fourth-order valence-electron chi connectivity index (χ4n) is 1.82. The Balaban J connectivity index is 4.99. The van der Waals surface area contributed by atoms with E-state index in [1.807, 2.05) is 27.7 Å². The highest BCUT2D eigenvalue weighted by Gasteiger charge is 2.39. The van der Waals surface area contributed by atoms with E-state index in [1.54, 1.807) is 12.0 Å². The summed E-state index contributed by atoms with van der Waals surface area (Å²) in [7, 11) is 1.61. The van der Waals surface area contributed by atoms with Crippen molar-refractivity contribution >= 4 is 5.91 Å².